The van der Waals surface area contributed by atoms with Gasteiger partial charge in [0.05, 0.1) is 6.61 Å². The monoisotopic (exact) mass is 266 g/mol. The Labute approximate surface area is 114 Å². The average molecular weight is 266 g/mol. The zero-order valence-electron chi connectivity index (χ0n) is 11.7. The number of amides is 1. The Morgan fingerprint density at radius 1 is 1.47 bits per heavy atom. The summed E-state index contributed by atoms with van der Waals surface area (Å²) in [5, 5.41) is 2.89. The lowest BCUT2D eigenvalue weighted by molar-refractivity contribution is 0.0927. The highest BCUT2D eigenvalue weighted by Gasteiger charge is 2.17. The Kier molecular flexibility index (Phi) is 6.15. The Morgan fingerprint density at radius 2 is 2.21 bits per heavy atom. The molecule has 0 bridgehead atoms. The molecule has 0 fully saturated rings. The van der Waals surface area contributed by atoms with Gasteiger partial charge in [0.2, 0.25) is 0 Å². The van der Waals surface area contributed by atoms with Crippen LogP contribution in [0.2, 0.25) is 0 Å². The fourth-order valence-electron chi connectivity index (χ4n) is 1.73. The maximum Gasteiger partial charge on any atom is 0.257 e. The van der Waals surface area contributed by atoms with Crippen LogP contribution < -0.4 is 15.8 Å². The highest BCUT2D eigenvalue weighted by atomic mass is 16.5. The van der Waals surface area contributed by atoms with E-state index in [-0.39, 0.29) is 11.9 Å². The van der Waals surface area contributed by atoms with Gasteiger partial charge >= 0.3 is 0 Å². The maximum atomic E-state index is 12.2. The van der Waals surface area contributed by atoms with E-state index in [1.165, 1.54) is 0 Å². The van der Waals surface area contributed by atoms with Gasteiger partial charge in [-0.3, -0.25) is 4.79 Å². The predicted octanol–water partition coefficient (Wildman–Crippen LogP) is 1.82. The molecular formula is C14H22N2O3. The smallest absolute Gasteiger partial charge is 0.257 e. The Balaban J connectivity index is 2.80. The summed E-state index contributed by atoms with van der Waals surface area (Å²) in [5.41, 5.74) is 6.68. The fraction of sp³-hybridized carbons (Fsp3) is 0.500. The van der Waals surface area contributed by atoms with Gasteiger partial charge in [0.1, 0.15) is 11.3 Å². The van der Waals surface area contributed by atoms with Crippen LogP contribution in [0.25, 0.3) is 0 Å². The van der Waals surface area contributed by atoms with Gasteiger partial charge in [0.25, 0.3) is 5.91 Å². The van der Waals surface area contributed by atoms with Crippen LogP contribution in [0.4, 0.5) is 5.69 Å². The number of rotatable bonds is 7. The summed E-state index contributed by atoms with van der Waals surface area (Å²) in [6, 6.07) is 5.22. The summed E-state index contributed by atoms with van der Waals surface area (Å²) in [7, 11) is 1.64. The third-order valence-electron chi connectivity index (χ3n) is 2.72. The normalized spacial score (nSPS) is 11.9. The van der Waals surface area contributed by atoms with E-state index in [2.05, 4.69) is 5.32 Å². The average Bonchev–Trinajstić information content (AvgIpc) is 2.36. The van der Waals surface area contributed by atoms with Gasteiger partial charge in [0.15, 0.2) is 0 Å². The van der Waals surface area contributed by atoms with E-state index >= 15 is 0 Å². The van der Waals surface area contributed by atoms with Crippen molar-refractivity contribution in [3.8, 4) is 5.75 Å². The van der Waals surface area contributed by atoms with Crippen molar-refractivity contribution >= 4 is 11.6 Å². The lowest BCUT2D eigenvalue weighted by Crippen LogP contribution is -2.34. The molecule has 0 spiro atoms. The molecule has 0 radical (unpaired) electrons. The van der Waals surface area contributed by atoms with E-state index in [4.69, 9.17) is 15.2 Å². The molecule has 106 valence electrons. The van der Waals surface area contributed by atoms with E-state index in [1.54, 1.807) is 25.3 Å². The van der Waals surface area contributed by atoms with Crippen LogP contribution in [0.15, 0.2) is 18.2 Å². The Hall–Kier alpha value is -1.75. The molecule has 0 saturated carbocycles. The summed E-state index contributed by atoms with van der Waals surface area (Å²) in [4.78, 5) is 12.2. The van der Waals surface area contributed by atoms with Gasteiger partial charge in [-0.2, -0.15) is 0 Å². The molecule has 5 nitrogen and oxygen atoms in total. The molecule has 1 aromatic carbocycles. The molecule has 3 N–H and O–H groups in total. The van der Waals surface area contributed by atoms with Crippen LogP contribution in [0.5, 0.6) is 5.75 Å². The first-order valence-electron chi connectivity index (χ1n) is 6.41. The van der Waals surface area contributed by atoms with Crippen molar-refractivity contribution in [3.63, 3.8) is 0 Å². The number of benzene rings is 1. The first-order valence-corrected chi connectivity index (χ1v) is 6.41. The van der Waals surface area contributed by atoms with Crippen LogP contribution in [0.3, 0.4) is 0 Å². The minimum absolute atomic E-state index is 0.0153. The summed E-state index contributed by atoms with van der Waals surface area (Å²) in [6.07, 6.45) is 0.749. The van der Waals surface area contributed by atoms with Crippen LogP contribution >= 0.6 is 0 Å². The molecule has 1 amide bonds. The largest absolute Gasteiger partial charge is 0.493 e. The molecule has 0 aliphatic carbocycles. The van der Waals surface area contributed by atoms with Gasteiger partial charge in [-0.05, 0) is 32.4 Å². The number of hydrogen-bond acceptors (Lipinski definition) is 4. The molecule has 1 unspecified atom stereocenters. The van der Waals surface area contributed by atoms with Gasteiger partial charge in [-0.1, -0.05) is 6.07 Å². The minimum Gasteiger partial charge on any atom is -0.493 e. The van der Waals surface area contributed by atoms with Gasteiger partial charge in [-0.15, -0.1) is 0 Å². The van der Waals surface area contributed by atoms with E-state index in [1.807, 2.05) is 13.8 Å². The Morgan fingerprint density at radius 3 is 2.84 bits per heavy atom. The molecule has 0 heterocycles. The summed E-state index contributed by atoms with van der Waals surface area (Å²) in [6.45, 7) is 4.88. The summed E-state index contributed by atoms with van der Waals surface area (Å²) < 4.78 is 10.4. The number of methoxy groups -OCH3 is 1. The van der Waals surface area contributed by atoms with Crippen molar-refractivity contribution in [2.75, 3.05) is 26.1 Å². The van der Waals surface area contributed by atoms with E-state index < -0.39 is 0 Å². The van der Waals surface area contributed by atoms with Crippen LogP contribution in [-0.4, -0.2) is 32.3 Å². The van der Waals surface area contributed by atoms with E-state index in [9.17, 15) is 4.79 Å². The molecule has 19 heavy (non-hydrogen) atoms. The van der Waals surface area contributed by atoms with Gasteiger partial charge in [0, 0.05) is 25.4 Å². The highest BCUT2D eigenvalue weighted by Crippen LogP contribution is 2.24. The number of ether oxygens (including phenoxy) is 2. The highest BCUT2D eigenvalue weighted by molar-refractivity contribution is 6.02. The Bertz CT molecular complexity index is 421. The van der Waals surface area contributed by atoms with Crippen molar-refractivity contribution in [3.05, 3.63) is 23.8 Å². The molecule has 1 aromatic rings. The van der Waals surface area contributed by atoms with Crippen LogP contribution in [-0.2, 0) is 4.74 Å². The van der Waals surface area contributed by atoms with Gasteiger partial charge < -0.3 is 20.5 Å². The number of carbonyl (C=O) groups excluding carboxylic acids is 1. The molecule has 0 aliphatic heterocycles. The molecule has 0 aromatic heterocycles. The number of nitrogen functional groups attached to an aromatic ring is 1. The summed E-state index contributed by atoms with van der Waals surface area (Å²) >= 11 is 0. The van der Waals surface area contributed by atoms with Crippen LogP contribution in [0, 0.1) is 0 Å². The standard InChI is InChI=1S/C14H22N2O3/c1-4-19-12-7-5-6-11(15)13(12)14(17)16-10(2)8-9-18-3/h5-7,10H,4,8-9,15H2,1-3H3,(H,16,17). The van der Waals surface area contributed by atoms with Crippen molar-refractivity contribution < 1.29 is 14.3 Å². The minimum atomic E-state index is -0.217. The molecule has 0 saturated heterocycles. The number of hydrogen-bond donors (Lipinski definition) is 2. The first kappa shape index (κ1) is 15.3. The van der Waals surface area contributed by atoms with Crippen LogP contribution in [0.1, 0.15) is 30.6 Å². The summed E-state index contributed by atoms with van der Waals surface area (Å²) in [5.74, 6) is 0.295. The third kappa shape index (κ3) is 4.44. The lowest BCUT2D eigenvalue weighted by atomic mass is 10.1. The van der Waals surface area contributed by atoms with Crippen molar-refractivity contribution in [1.82, 2.24) is 5.32 Å². The zero-order valence-corrected chi connectivity index (χ0v) is 11.7. The number of carbonyl (C=O) groups is 1. The number of nitrogens with two attached hydrogens (primary N) is 1. The number of anilines is 1. The predicted molar refractivity (Wildman–Crippen MR) is 75.4 cm³/mol. The molecule has 1 atom stereocenters. The SMILES string of the molecule is CCOc1cccc(N)c1C(=O)NC(C)CCOC. The van der Waals surface area contributed by atoms with Crippen molar-refractivity contribution in [2.45, 2.75) is 26.3 Å². The molecule has 1 rings (SSSR count). The second-order valence-corrected chi connectivity index (χ2v) is 4.31. The molecule has 5 heteroatoms. The van der Waals surface area contributed by atoms with E-state index in [0.29, 0.717) is 30.2 Å². The maximum absolute atomic E-state index is 12.2. The van der Waals surface area contributed by atoms with Gasteiger partial charge in [-0.25, -0.2) is 0 Å². The fourth-order valence-corrected chi connectivity index (χ4v) is 1.73. The molecular weight excluding hydrogens is 244 g/mol. The van der Waals surface area contributed by atoms with E-state index in [0.717, 1.165) is 6.42 Å². The van der Waals surface area contributed by atoms with Crippen molar-refractivity contribution in [2.24, 2.45) is 0 Å². The topological polar surface area (TPSA) is 73.6 Å². The number of nitrogens with one attached hydrogen (secondary N) is 1. The van der Waals surface area contributed by atoms with Crippen molar-refractivity contribution in [1.29, 1.82) is 0 Å². The quantitative estimate of drug-likeness (QED) is 0.738. The second-order valence-electron chi connectivity index (χ2n) is 4.31. The lowest BCUT2D eigenvalue weighted by Gasteiger charge is -2.16. The zero-order chi connectivity index (χ0) is 14.3. The first-order chi connectivity index (χ1) is 9.10. The third-order valence-corrected chi connectivity index (χ3v) is 2.72. The molecule has 0 aliphatic rings. The second kappa shape index (κ2) is 7.63.